The quantitative estimate of drug-likeness (QED) is 0.718. The molecule has 0 fully saturated rings. The van der Waals surface area contributed by atoms with Crippen LogP contribution in [0.3, 0.4) is 0 Å². The van der Waals surface area contributed by atoms with Crippen molar-refractivity contribution in [1.82, 2.24) is 0 Å². The van der Waals surface area contributed by atoms with Gasteiger partial charge in [-0.25, -0.2) is 0 Å². The summed E-state index contributed by atoms with van der Waals surface area (Å²) in [5.41, 5.74) is 1.09. The number of ether oxygens (including phenoxy) is 1. The zero-order chi connectivity index (χ0) is 9.84. The minimum atomic E-state index is -0.633. The van der Waals surface area contributed by atoms with E-state index in [0.717, 1.165) is 0 Å². The van der Waals surface area contributed by atoms with Crippen LogP contribution in [0.15, 0.2) is 18.2 Å². The summed E-state index contributed by atoms with van der Waals surface area (Å²) in [6.07, 6.45) is 0.0796. The molecule has 1 rings (SSSR count). The van der Waals surface area contributed by atoms with Gasteiger partial charge in [0.15, 0.2) is 6.29 Å². The Morgan fingerprint density at radius 1 is 1.54 bits per heavy atom. The molecule has 0 radical (unpaired) electrons. The van der Waals surface area contributed by atoms with E-state index in [-0.39, 0.29) is 0 Å². The summed E-state index contributed by atoms with van der Waals surface area (Å²) in [7, 11) is 1.53. The monoisotopic (exact) mass is 180 g/mol. The molecule has 13 heavy (non-hydrogen) atoms. The first kappa shape index (κ1) is 9.74. The molecule has 0 aliphatic heterocycles. The fourth-order valence-electron chi connectivity index (χ4n) is 1.16. The Labute approximate surface area is 77.0 Å². The average molecular weight is 180 g/mol. The van der Waals surface area contributed by atoms with E-state index in [1.807, 2.05) is 0 Å². The van der Waals surface area contributed by atoms with Crippen molar-refractivity contribution >= 4 is 6.29 Å². The first-order valence-corrected chi connectivity index (χ1v) is 4.00. The predicted octanol–water partition coefficient (Wildman–Crippen LogP) is 1.56. The molecular formula is C10H12O3. The van der Waals surface area contributed by atoms with Crippen LogP contribution in [0.4, 0.5) is 0 Å². The SMILES string of the molecule is COc1ccc(C(C)O)c(C=O)c1. The Morgan fingerprint density at radius 3 is 2.69 bits per heavy atom. The summed E-state index contributed by atoms with van der Waals surface area (Å²) in [6.45, 7) is 1.62. The number of hydrogen-bond acceptors (Lipinski definition) is 3. The van der Waals surface area contributed by atoms with Crippen molar-refractivity contribution in [2.75, 3.05) is 7.11 Å². The second kappa shape index (κ2) is 4.05. The van der Waals surface area contributed by atoms with Crippen molar-refractivity contribution in [2.24, 2.45) is 0 Å². The van der Waals surface area contributed by atoms with Crippen molar-refractivity contribution in [1.29, 1.82) is 0 Å². The lowest BCUT2D eigenvalue weighted by molar-refractivity contribution is 0.111. The van der Waals surface area contributed by atoms with Crippen LogP contribution in [0.25, 0.3) is 0 Å². The highest BCUT2D eigenvalue weighted by Crippen LogP contribution is 2.21. The summed E-state index contributed by atoms with van der Waals surface area (Å²) in [5, 5.41) is 9.30. The highest BCUT2D eigenvalue weighted by Gasteiger charge is 2.07. The lowest BCUT2D eigenvalue weighted by Gasteiger charge is -2.08. The van der Waals surface area contributed by atoms with Gasteiger partial charge in [-0.15, -0.1) is 0 Å². The van der Waals surface area contributed by atoms with Gasteiger partial charge in [-0.1, -0.05) is 6.07 Å². The molecule has 0 aromatic heterocycles. The van der Waals surface area contributed by atoms with Crippen LogP contribution >= 0.6 is 0 Å². The number of hydrogen-bond donors (Lipinski definition) is 1. The van der Waals surface area contributed by atoms with Crippen LogP contribution in [0.1, 0.15) is 28.9 Å². The number of aliphatic hydroxyl groups is 1. The molecule has 1 aromatic carbocycles. The highest BCUT2D eigenvalue weighted by molar-refractivity contribution is 5.78. The summed E-state index contributed by atoms with van der Waals surface area (Å²) >= 11 is 0. The van der Waals surface area contributed by atoms with Crippen LogP contribution in [0, 0.1) is 0 Å². The fourth-order valence-corrected chi connectivity index (χ4v) is 1.16. The predicted molar refractivity (Wildman–Crippen MR) is 49.0 cm³/mol. The second-order valence-corrected chi connectivity index (χ2v) is 2.79. The van der Waals surface area contributed by atoms with E-state index < -0.39 is 6.10 Å². The Morgan fingerprint density at radius 2 is 2.23 bits per heavy atom. The molecule has 1 unspecified atom stereocenters. The van der Waals surface area contributed by atoms with E-state index >= 15 is 0 Å². The zero-order valence-electron chi connectivity index (χ0n) is 7.65. The Kier molecular flexibility index (Phi) is 3.03. The first-order valence-electron chi connectivity index (χ1n) is 4.00. The minimum absolute atomic E-state index is 0.467. The molecule has 0 amide bonds. The van der Waals surface area contributed by atoms with Gasteiger partial charge in [-0.05, 0) is 24.6 Å². The van der Waals surface area contributed by atoms with Crippen LogP contribution in [0.2, 0.25) is 0 Å². The summed E-state index contributed by atoms with van der Waals surface area (Å²) in [4.78, 5) is 10.6. The third-order valence-corrected chi connectivity index (χ3v) is 1.87. The maximum atomic E-state index is 10.6. The van der Waals surface area contributed by atoms with Crippen LogP contribution in [0.5, 0.6) is 5.75 Å². The number of carbonyl (C=O) groups is 1. The van der Waals surface area contributed by atoms with E-state index in [0.29, 0.717) is 23.2 Å². The molecule has 3 heteroatoms. The molecule has 1 atom stereocenters. The maximum Gasteiger partial charge on any atom is 0.150 e. The van der Waals surface area contributed by atoms with E-state index in [2.05, 4.69) is 0 Å². The Hall–Kier alpha value is -1.35. The third-order valence-electron chi connectivity index (χ3n) is 1.87. The normalized spacial score (nSPS) is 12.2. The molecule has 1 N–H and O–H groups in total. The average Bonchev–Trinajstić information content (AvgIpc) is 2.16. The number of methoxy groups -OCH3 is 1. The first-order chi connectivity index (χ1) is 6.19. The number of aliphatic hydroxyl groups excluding tert-OH is 1. The molecule has 0 saturated heterocycles. The summed E-state index contributed by atoms with van der Waals surface area (Å²) in [5.74, 6) is 0.617. The van der Waals surface area contributed by atoms with Crippen molar-refractivity contribution in [3.05, 3.63) is 29.3 Å². The largest absolute Gasteiger partial charge is 0.497 e. The Bertz CT molecular complexity index is 305. The van der Waals surface area contributed by atoms with Crippen molar-refractivity contribution in [3.8, 4) is 5.75 Å². The van der Waals surface area contributed by atoms with Gasteiger partial charge in [0.05, 0.1) is 13.2 Å². The number of benzene rings is 1. The summed E-state index contributed by atoms with van der Waals surface area (Å²) in [6, 6.07) is 5.01. The van der Waals surface area contributed by atoms with E-state index in [9.17, 15) is 9.90 Å². The zero-order valence-corrected chi connectivity index (χ0v) is 7.65. The molecule has 0 aliphatic carbocycles. The van der Waals surface area contributed by atoms with E-state index in [1.54, 1.807) is 25.1 Å². The lowest BCUT2D eigenvalue weighted by atomic mass is 10.0. The van der Waals surface area contributed by atoms with Crippen molar-refractivity contribution in [2.45, 2.75) is 13.0 Å². The number of rotatable bonds is 3. The van der Waals surface area contributed by atoms with Gasteiger partial charge < -0.3 is 9.84 Å². The van der Waals surface area contributed by atoms with Crippen molar-refractivity contribution < 1.29 is 14.6 Å². The molecule has 70 valence electrons. The third kappa shape index (κ3) is 2.06. The van der Waals surface area contributed by atoms with Gasteiger partial charge >= 0.3 is 0 Å². The van der Waals surface area contributed by atoms with Gasteiger partial charge in [0, 0.05) is 5.56 Å². The van der Waals surface area contributed by atoms with E-state index in [1.165, 1.54) is 7.11 Å². The molecule has 0 aliphatic rings. The van der Waals surface area contributed by atoms with Gasteiger partial charge in [-0.3, -0.25) is 4.79 Å². The molecule has 0 spiro atoms. The number of aldehydes is 1. The molecule has 3 nitrogen and oxygen atoms in total. The fraction of sp³-hybridized carbons (Fsp3) is 0.300. The van der Waals surface area contributed by atoms with Crippen LogP contribution < -0.4 is 4.74 Å². The standard InChI is InChI=1S/C10H12O3/c1-7(12)10-4-3-9(13-2)5-8(10)6-11/h3-7,12H,1-2H3. The van der Waals surface area contributed by atoms with Gasteiger partial charge in [0.25, 0.3) is 0 Å². The smallest absolute Gasteiger partial charge is 0.150 e. The molecular weight excluding hydrogens is 168 g/mol. The second-order valence-electron chi connectivity index (χ2n) is 2.79. The molecule has 0 heterocycles. The van der Waals surface area contributed by atoms with Crippen molar-refractivity contribution in [3.63, 3.8) is 0 Å². The molecule has 0 saturated carbocycles. The van der Waals surface area contributed by atoms with Crippen LogP contribution in [-0.4, -0.2) is 18.5 Å². The maximum absolute atomic E-state index is 10.6. The Balaban J connectivity index is 3.15. The van der Waals surface area contributed by atoms with Gasteiger partial charge in [0.1, 0.15) is 5.75 Å². The molecule has 0 bridgehead atoms. The number of carbonyl (C=O) groups excluding carboxylic acids is 1. The lowest BCUT2D eigenvalue weighted by Crippen LogP contribution is -1.98. The van der Waals surface area contributed by atoms with Gasteiger partial charge in [-0.2, -0.15) is 0 Å². The molecule has 1 aromatic rings. The minimum Gasteiger partial charge on any atom is -0.497 e. The van der Waals surface area contributed by atoms with Gasteiger partial charge in [0.2, 0.25) is 0 Å². The van der Waals surface area contributed by atoms with Crippen LogP contribution in [-0.2, 0) is 0 Å². The van der Waals surface area contributed by atoms with E-state index in [4.69, 9.17) is 4.74 Å². The highest BCUT2D eigenvalue weighted by atomic mass is 16.5. The topological polar surface area (TPSA) is 46.5 Å². The summed E-state index contributed by atoms with van der Waals surface area (Å²) < 4.78 is 4.95.